The zero-order chi connectivity index (χ0) is 12.5. The predicted molar refractivity (Wildman–Crippen MR) is 60.3 cm³/mol. The van der Waals surface area contributed by atoms with E-state index in [9.17, 15) is 17.2 Å². The van der Waals surface area contributed by atoms with E-state index in [1.165, 1.54) is 0 Å². The molecule has 2 rings (SSSR count). The summed E-state index contributed by atoms with van der Waals surface area (Å²) < 4.78 is 49.2. The first-order valence-corrected chi connectivity index (χ1v) is 7.54. The lowest BCUT2D eigenvalue weighted by Crippen LogP contribution is -2.48. The molecular weight excluding hydrogens is 250 g/mol. The minimum absolute atomic E-state index is 0.0258. The molecule has 2 aliphatic rings. The molecule has 1 unspecified atom stereocenters. The van der Waals surface area contributed by atoms with Gasteiger partial charge in [0.05, 0.1) is 0 Å². The smallest absolute Gasteiger partial charge is 0.313 e. The van der Waals surface area contributed by atoms with E-state index in [0.29, 0.717) is 12.8 Å². The average Bonchev–Trinajstić information content (AvgIpc) is 3.10. The quantitative estimate of drug-likeness (QED) is 0.813. The number of rotatable bonds is 5. The van der Waals surface area contributed by atoms with Crippen LogP contribution in [0.4, 0.5) is 8.78 Å². The number of hydrogen-bond donors (Lipinski definition) is 1. The van der Waals surface area contributed by atoms with E-state index in [1.807, 2.05) is 0 Å². The second kappa shape index (κ2) is 5.16. The highest BCUT2D eigenvalue weighted by Crippen LogP contribution is 2.32. The molecule has 0 amide bonds. The SMILES string of the molecule is O=S(=O)(C(F)F)N(CC1CCCCN1)C1CC1. The third kappa shape index (κ3) is 3.14. The summed E-state index contributed by atoms with van der Waals surface area (Å²) >= 11 is 0. The second-order valence-electron chi connectivity index (χ2n) is 4.75. The molecule has 0 aromatic rings. The molecule has 1 heterocycles. The van der Waals surface area contributed by atoms with Crippen LogP contribution in [0.1, 0.15) is 32.1 Å². The molecule has 1 aliphatic carbocycles. The Morgan fingerprint density at radius 2 is 1.94 bits per heavy atom. The highest BCUT2D eigenvalue weighted by atomic mass is 32.2. The van der Waals surface area contributed by atoms with Crippen LogP contribution in [0.2, 0.25) is 0 Å². The van der Waals surface area contributed by atoms with Crippen LogP contribution in [0.15, 0.2) is 0 Å². The molecule has 7 heteroatoms. The van der Waals surface area contributed by atoms with Crippen molar-refractivity contribution in [3.63, 3.8) is 0 Å². The molecule has 1 atom stereocenters. The first kappa shape index (κ1) is 13.2. The van der Waals surface area contributed by atoms with Crippen molar-refractivity contribution in [2.75, 3.05) is 13.1 Å². The third-order valence-electron chi connectivity index (χ3n) is 3.32. The Kier molecular flexibility index (Phi) is 3.99. The zero-order valence-electron chi connectivity index (χ0n) is 9.61. The zero-order valence-corrected chi connectivity index (χ0v) is 10.4. The van der Waals surface area contributed by atoms with Crippen molar-refractivity contribution in [1.29, 1.82) is 0 Å². The molecule has 0 bridgehead atoms. The van der Waals surface area contributed by atoms with Gasteiger partial charge in [-0.2, -0.15) is 13.1 Å². The van der Waals surface area contributed by atoms with Crippen LogP contribution in [-0.2, 0) is 10.0 Å². The molecule has 0 spiro atoms. The number of piperidine rings is 1. The van der Waals surface area contributed by atoms with Crippen molar-refractivity contribution >= 4 is 10.0 Å². The molecule has 1 saturated heterocycles. The molecule has 4 nitrogen and oxygen atoms in total. The Balaban J connectivity index is 2.02. The van der Waals surface area contributed by atoms with Gasteiger partial charge in [-0.05, 0) is 32.2 Å². The van der Waals surface area contributed by atoms with Crippen LogP contribution >= 0.6 is 0 Å². The summed E-state index contributed by atoms with van der Waals surface area (Å²) in [6.45, 7) is 1.04. The monoisotopic (exact) mass is 268 g/mol. The lowest BCUT2D eigenvalue weighted by Gasteiger charge is -2.29. The second-order valence-corrected chi connectivity index (χ2v) is 6.61. The van der Waals surface area contributed by atoms with E-state index < -0.39 is 15.8 Å². The molecule has 0 aromatic carbocycles. The molecule has 1 N–H and O–H groups in total. The minimum Gasteiger partial charge on any atom is -0.313 e. The molecule has 0 radical (unpaired) electrons. The van der Waals surface area contributed by atoms with Gasteiger partial charge in [0.2, 0.25) is 0 Å². The maximum Gasteiger partial charge on any atom is 0.350 e. The standard InChI is InChI=1S/C10H18F2N2O2S/c11-10(12)17(15,16)14(9-4-5-9)7-8-3-1-2-6-13-8/h8-10,13H,1-7H2. The lowest BCUT2D eigenvalue weighted by molar-refractivity contribution is 0.211. The van der Waals surface area contributed by atoms with Gasteiger partial charge < -0.3 is 5.32 Å². The van der Waals surface area contributed by atoms with Gasteiger partial charge in [-0.15, -0.1) is 0 Å². The van der Waals surface area contributed by atoms with Crippen molar-refractivity contribution < 1.29 is 17.2 Å². The van der Waals surface area contributed by atoms with Crippen molar-refractivity contribution in [2.24, 2.45) is 0 Å². The van der Waals surface area contributed by atoms with E-state index in [2.05, 4.69) is 5.32 Å². The third-order valence-corrected chi connectivity index (χ3v) is 4.87. The topological polar surface area (TPSA) is 49.4 Å². The van der Waals surface area contributed by atoms with Crippen molar-refractivity contribution in [3.8, 4) is 0 Å². The molecule has 0 aromatic heterocycles. The van der Waals surface area contributed by atoms with E-state index >= 15 is 0 Å². The fraction of sp³-hybridized carbons (Fsp3) is 1.00. The number of alkyl halides is 2. The molecule has 17 heavy (non-hydrogen) atoms. The Labute approximate surface area is 100 Å². The fourth-order valence-electron chi connectivity index (χ4n) is 2.22. The lowest BCUT2D eigenvalue weighted by atomic mass is 10.1. The Morgan fingerprint density at radius 3 is 2.41 bits per heavy atom. The van der Waals surface area contributed by atoms with Gasteiger partial charge in [-0.25, -0.2) is 8.42 Å². The normalized spacial score (nSPS) is 26.7. The maximum absolute atomic E-state index is 12.6. The predicted octanol–water partition coefficient (Wildman–Crippen LogP) is 1.15. The summed E-state index contributed by atoms with van der Waals surface area (Å²) in [5, 5.41) is 3.19. The van der Waals surface area contributed by atoms with Gasteiger partial charge in [-0.3, -0.25) is 0 Å². The first-order valence-electron chi connectivity index (χ1n) is 6.04. The minimum atomic E-state index is -4.42. The average molecular weight is 268 g/mol. The number of nitrogens with zero attached hydrogens (tertiary/aromatic N) is 1. The molecule has 100 valence electrons. The van der Waals surface area contributed by atoms with E-state index in [0.717, 1.165) is 30.1 Å². The van der Waals surface area contributed by atoms with Crippen LogP contribution < -0.4 is 5.32 Å². The molecule has 1 aliphatic heterocycles. The van der Waals surface area contributed by atoms with Gasteiger partial charge >= 0.3 is 5.76 Å². The number of halogens is 2. The molecular formula is C10H18F2N2O2S. The molecule has 1 saturated carbocycles. The summed E-state index contributed by atoms with van der Waals surface area (Å²) in [6.07, 6.45) is 4.38. The van der Waals surface area contributed by atoms with Gasteiger partial charge in [-0.1, -0.05) is 6.42 Å². The van der Waals surface area contributed by atoms with Crippen LogP contribution in [0.5, 0.6) is 0 Å². The Bertz CT molecular complexity index is 351. The highest BCUT2D eigenvalue weighted by molar-refractivity contribution is 7.89. The van der Waals surface area contributed by atoms with Crippen molar-refractivity contribution in [3.05, 3.63) is 0 Å². The van der Waals surface area contributed by atoms with Crippen LogP contribution in [0, 0.1) is 0 Å². The largest absolute Gasteiger partial charge is 0.350 e. The van der Waals surface area contributed by atoms with Crippen LogP contribution in [-0.4, -0.2) is 43.7 Å². The maximum atomic E-state index is 12.6. The van der Waals surface area contributed by atoms with Crippen LogP contribution in [0.25, 0.3) is 0 Å². The fourth-order valence-corrected chi connectivity index (χ4v) is 3.44. The number of nitrogens with one attached hydrogen (secondary N) is 1. The molecule has 2 fully saturated rings. The van der Waals surface area contributed by atoms with E-state index in [4.69, 9.17) is 0 Å². The summed E-state index contributed by atoms with van der Waals surface area (Å²) in [6, 6.07) is -0.171. The van der Waals surface area contributed by atoms with Crippen LogP contribution in [0.3, 0.4) is 0 Å². The van der Waals surface area contributed by atoms with Gasteiger partial charge in [0.25, 0.3) is 10.0 Å². The Hall–Kier alpha value is -0.270. The Morgan fingerprint density at radius 1 is 1.24 bits per heavy atom. The number of hydrogen-bond acceptors (Lipinski definition) is 3. The van der Waals surface area contributed by atoms with Crippen molar-refractivity contribution in [2.45, 2.75) is 49.9 Å². The summed E-state index contributed by atoms with van der Waals surface area (Å²) in [5.41, 5.74) is 0. The number of sulfonamides is 1. The highest BCUT2D eigenvalue weighted by Gasteiger charge is 2.42. The summed E-state index contributed by atoms with van der Waals surface area (Å²) in [4.78, 5) is 0. The summed E-state index contributed by atoms with van der Waals surface area (Å²) in [5.74, 6) is -3.30. The van der Waals surface area contributed by atoms with Crippen molar-refractivity contribution in [1.82, 2.24) is 9.62 Å². The summed E-state index contributed by atoms with van der Waals surface area (Å²) in [7, 11) is -4.42. The van der Waals surface area contributed by atoms with E-state index in [-0.39, 0.29) is 18.6 Å². The van der Waals surface area contributed by atoms with E-state index in [1.54, 1.807) is 0 Å². The van der Waals surface area contributed by atoms with Gasteiger partial charge in [0.15, 0.2) is 0 Å². The first-order chi connectivity index (χ1) is 8.01. The van der Waals surface area contributed by atoms with Gasteiger partial charge in [0, 0.05) is 18.6 Å². The van der Waals surface area contributed by atoms with Gasteiger partial charge in [0.1, 0.15) is 0 Å².